The second kappa shape index (κ2) is 7.27. The van der Waals surface area contributed by atoms with Gasteiger partial charge in [-0.2, -0.15) is 0 Å². The van der Waals surface area contributed by atoms with Crippen molar-refractivity contribution in [1.82, 2.24) is 0 Å². The molecule has 21 heavy (non-hydrogen) atoms. The quantitative estimate of drug-likeness (QED) is 0.847. The third-order valence-corrected chi connectivity index (χ3v) is 6.16. The molecule has 1 aromatic rings. The number of hydrogen-bond donors (Lipinski definition) is 2. The first-order valence-electron chi connectivity index (χ1n) is 7.85. The highest BCUT2D eigenvalue weighted by Crippen LogP contribution is 2.24. The highest BCUT2D eigenvalue weighted by molar-refractivity contribution is 7.91. The fraction of sp³-hybridized carbons (Fsp3) is 0.625. The minimum atomic E-state index is -3.12. The normalized spacial score (nSPS) is 23.0. The topological polar surface area (TPSA) is 72.2 Å². The van der Waals surface area contributed by atoms with Crippen molar-refractivity contribution in [2.75, 3.05) is 17.6 Å². The van der Waals surface area contributed by atoms with Gasteiger partial charge in [0.2, 0.25) is 0 Å². The van der Waals surface area contributed by atoms with E-state index >= 15 is 0 Å². The molecule has 3 N–H and O–H groups in total. The van der Waals surface area contributed by atoms with Crippen LogP contribution in [-0.4, -0.2) is 26.8 Å². The summed E-state index contributed by atoms with van der Waals surface area (Å²) in [6, 6.07) is 7.35. The van der Waals surface area contributed by atoms with Gasteiger partial charge in [0.1, 0.15) is 0 Å². The van der Waals surface area contributed by atoms with Crippen LogP contribution in [0.2, 0.25) is 0 Å². The zero-order chi connectivity index (χ0) is 15.3. The molecular weight excluding hydrogens is 284 g/mol. The number of hydrogen-bond acceptors (Lipinski definition) is 4. The summed E-state index contributed by atoms with van der Waals surface area (Å²) in [5.41, 5.74) is 7.10. The van der Waals surface area contributed by atoms with Crippen molar-refractivity contribution in [1.29, 1.82) is 0 Å². The lowest BCUT2D eigenvalue weighted by Gasteiger charge is -2.29. The maximum atomic E-state index is 12.0. The molecule has 5 heteroatoms. The third-order valence-electron chi connectivity index (χ3n) is 4.22. The molecule has 0 saturated heterocycles. The molecule has 2 atom stereocenters. The molecule has 1 saturated carbocycles. The van der Waals surface area contributed by atoms with Gasteiger partial charge in [-0.1, -0.05) is 19.8 Å². The summed E-state index contributed by atoms with van der Waals surface area (Å²) < 4.78 is 23.9. The monoisotopic (exact) mass is 310 g/mol. The summed E-state index contributed by atoms with van der Waals surface area (Å²) >= 11 is 0. The molecule has 0 aliphatic heterocycles. The third kappa shape index (κ3) is 4.45. The molecule has 0 bridgehead atoms. The van der Waals surface area contributed by atoms with Crippen LogP contribution in [0.3, 0.4) is 0 Å². The van der Waals surface area contributed by atoms with E-state index in [-0.39, 0.29) is 11.8 Å². The second-order valence-corrected chi connectivity index (χ2v) is 8.04. The van der Waals surface area contributed by atoms with Crippen LogP contribution in [-0.2, 0) is 9.84 Å². The predicted octanol–water partition coefficient (Wildman–Crippen LogP) is 2.80. The van der Waals surface area contributed by atoms with Crippen LogP contribution in [0.15, 0.2) is 29.2 Å². The van der Waals surface area contributed by atoms with Gasteiger partial charge < -0.3 is 11.1 Å². The summed E-state index contributed by atoms with van der Waals surface area (Å²) in [5, 5.41) is 3.38. The fourth-order valence-corrected chi connectivity index (χ4v) is 4.23. The molecule has 118 valence electrons. The number of anilines is 1. The summed E-state index contributed by atoms with van der Waals surface area (Å²) in [7, 11) is -3.12. The van der Waals surface area contributed by atoms with Crippen LogP contribution in [0.25, 0.3) is 0 Å². The molecule has 2 rings (SSSR count). The molecular formula is C16H26N2O2S. The summed E-state index contributed by atoms with van der Waals surface area (Å²) in [4.78, 5) is 0.407. The number of sulfone groups is 1. The van der Waals surface area contributed by atoms with Gasteiger partial charge >= 0.3 is 0 Å². The van der Waals surface area contributed by atoms with E-state index in [4.69, 9.17) is 5.73 Å². The van der Waals surface area contributed by atoms with E-state index in [1.165, 1.54) is 19.3 Å². The van der Waals surface area contributed by atoms with Gasteiger partial charge in [0.25, 0.3) is 0 Å². The Morgan fingerprint density at radius 3 is 2.48 bits per heavy atom. The molecule has 0 aromatic heterocycles. The molecule has 0 spiro atoms. The van der Waals surface area contributed by atoms with Crippen molar-refractivity contribution in [3.8, 4) is 0 Å². The van der Waals surface area contributed by atoms with Gasteiger partial charge in [0.15, 0.2) is 9.84 Å². The zero-order valence-electron chi connectivity index (χ0n) is 12.7. The Bertz CT molecular complexity index is 540. The molecule has 1 aromatic carbocycles. The molecule has 2 unspecified atom stereocenters. The molecule has 1 aliphatic carbocycles. The van der Waals surface area contributed by atoms with Crippen LogP contribution >= 0.6 is 0 Å². The maximum absolute atomic E-state index is 12.0. The molecule has 0 heterocycles. The van der Waals surface area contributed by atoms with E-state index in [0.717, 1.165) is 18.7 Å². The van der Waals surface area contributed by atoms with Crippen molar-refractivity contribution in [2.24, 2.45) is 11.7 Å². The van der Waals surface area contributed by atoms with Gasteiger partial charge in [-0.3, -0.25) is 0 Å². The first-order chi connectivity index (χ1) is 10.0. The Morgan fingerprint density at radius 2 is 1.86 bits per heavy atom. The van der Waals surface area contributed by atoms with E-state index < -0.39 is 9.84 Å². The molecule has 0 amide bonds. The van der Waals surface area contributed by atoms with Gasteiger partial charge in [0, 0.05) is 18.3 Å². The zero-order valence-corrected chi connectivity index (χ0v) is 13.5. The van der Waals surface area contributed by atoms with Gasteiger partial charge in [0.05, 0.1) is 10.6 Å². The number of nitrogens with two attached hydrogens (primary N) is 1. The Kier molecular flexibility index (Phi) is 5.65. The van der Waals surface area contributed by atoms with E-state index in [0.29, 0.717) is 17.2 Å². The Morgan fingerprint density at radius 1 is 1.19 bits per heavy atom. The first-order valence-corrected chi connectivity index (χ1v) is 9.50. The Balaban J connectivity index is 1.93. The highest BCUT2D eigenvalue weighted by Gasteiger charge is 2.21. The van der Waals surface area contributed by atoms with Crippen LogP contribution in [0.1, 0.15) is 39.0 Å². The van der Waals surface area contributed by atoms with Crippen LogP contribution in [0.5, 0.6) is 0 Å². The number of rotatable bonds is 6. The van der Waals surface area contributed by atoms with E-state index in [1.807, 2.05) is 19.1 Å². The Hall–Kier alpha value is -1.07. The SMILES string of the molecule is CCCS(=O)(=O)c1ccc(NCC2CCCCC2N)cc1. The fourth-order valence-electron chi connectivity index (χ4n) is 2.91. The van der Waals surface area contributed by atoms with Crippen molar-refractivity contribution < 1.29 is 8.42 Å². The lowest BCUT2D eigenvalue weighted by molar-refractivity contribution is 0.321. The second-order valence-electron chi connectivity index (χ2n) is 5.93. The van der Waals surface area contributed by atoms with Crippen molar-refractivity contribution in [2.45, 2.75) is 50.0 Å². The van der Waals surface area contributed by atoms with Crippen molar-refractivity contribution >= 4 is 15.5 Å². The summed E-state index contributed by atoms with van der Waals surface area (Å²) in [6.45, 7) is 2.74. The van der Waals surface area contributed by atoms with Gasteiger partial charge in [-0.25, -0.2) is 8.42 Å². The number of benzene rings is 1. The lowest BCUT2D eigenvalue weighted by Crippen LogP contribution is -2.37. The summed E-state index contributed by atoms with van der Waals surface area (Å²) in [5.74, 6) is 0.721. The summed E-state index contributed by atoms with van der Waals surface area (Å²) in [6.07, 6.45) is 5.43. The average Bonchev–Trinajstić information content (AvgIpc) is 2.47. The lowest BCUT2D eigenvalue weighted by atomic mass is 9.85. The van der Waals surface area contributed by atoms with Crippen LogP contribution in [0.4, 0.5) is 5.69 Å². The molecule has 4 nitrogen and oxygen atoms in total. The van der Waals surface area contributed by atoms with E-state index in [9.17, 15) is 8.42 Å². The predicted molar refractivity (Wildman–Crippen MR) is 87.2 cm³/mol. The largest absolute Gasteiger partial charge is 0.385 e. The van der Waals surface area contributed by atoms with Crippen molar-refractivity contribution in [3.05, 3.63) is 24.3 Å². The molecule has 1 aliphatic rings. The van der Waals surface area contributed by atoms with Crippen molar-refractivity contribution in [3.63, 3.8) is 0 Å². The van der Waals surface area contributed by atoms with E-state index in [2.05, 4.69) is 5.32 Å². The van der Waals surface area contributed by atoms with Gasteiger partial charge in [-0.15, -0.1) is 0 Å². The highest BCUT2D eigenvalue weighted by atomic mass is 32.2. The molecule has 1 fully saturated rings. The van der Waals surface area contributed by atoms with Crippen LogP contribution < -0.4 is 11.1 Å². The number of nitrogens with one attached hydrogen (secondary N) is 1. The Labute approximate surface area is 128 Å². The van der Waals surface area contributed by atoms with Gasteiger partial charge in [-0.05, 0) is 49.4 Å². The average molecular weight is 310 g/mol. The molecule has 0 radical (unpaired) electrons. The minimum absolute atomic E-state index is 0.205. The smallest absolute Gasteiger partial charge is 0.178 e. The minimum Gasteiger partial charge on any atom is -0.385 e. The van der Waals surface area contributed by atoms with Crippen LogP contribution in [0, 0.1) is 5.92 Å². The standard InChI is InChI=1S/C16H26N2O2S/c1-2-11-21(19,20)15-9-7-14(8-10-15)18-12-13-5-3-4-6-16(13)17/h7-10,13,16,18H,2-6,11-12,17H2,1H3. The first kappa shape index (κ1) is 16.3. The van der Waals surface area contributed by atoms with E-state index in [1.54, 1.807) is 12.1 Å². The maximum Gasteiger partial charge on any atom is 0.178 e.